The molecule has 0 radical (unpaired) electrons. The summed E-state index contributed by atoms with van der Waals surface area (Å²) in [7, 11) is 1.52. The van der Waals surface area contributed by atoms with Crippen LogP contribution in [0.4, 0.5) is 9.93 Å². The summed E-state index contributed by atoms with van der Waals surface area (Å²) < 4.78 is 18.0. The standard InChI is InChI=1S/C41H51ClN6O8S/c1-9-23-17-41(23,37(51)52)47-35(49)28-15-25(18-48(28)36(50)34(40(5,6)7)46-39(53)56-24-13-21-12-22(21)14-24)55-30-16-27(32-20(4)57-38(45-32)43-19(2)3)44-33-26(30)10-11-29(54-8)31(33)42/h9-11,16,19,21-25,28,34H,1,12-15,17-18H2,2-8H3,(H,43,45)(H,46,53)(H,47,49)(H,51,52)/t21-,22+,23-,24?,25-,28?,34-,41-/m1/s1. The maximum absolute atomic E-state index is 14.7. The number of amides is 3. The molecule has 3 saturated carbocycles. The number of carbonyl (C=O) groups is 4. The second-order valence-electron chi connectivity index (χ2n) is 17.2. The largest absolute Gasteiger partial charge is 0.495 e. The lowest BCUT2D eigenvalue weighted by Crippen LogP contribution is -2.59. The normalized spacial score (nSPS) is 26.7. The lowest BCUT2D eigenvalue weighted by atomic mass is 9.85. The summed E-state index contributed by atoms with van der Waals surface area (Å²) in [5, 5.41) is 20.6. The number of ether oxygens (including phenoxy) is 3. The minimum absolute atomic E-state index is 0.0272. The third kappa shape index (κ3) is 8.09. The number of thiazole rings is 1. The molecule has 2 aromatic heterocycles. The van der Waals surface area contributed by atoms with Crippen LogP contribution in [0.25, 0.3) is 22.3 Å². The number of fused-ring (bicyclic) bond motifs is 2. The van der Waals surface area contributed by atoms with Crippen LogP contribution in [0.15, 0.2) is 30.9 Å². The van der Waals surface area contributed by atoms with E-state index in [9.17, 15) is 24.3 Å². The van der Waals surface area contributed by atoms with Gasteiger partial charge in [0.15, 0.2) is 5.13 Å². The van der Waals surface area contributed by atoms with Crippen molar-refractivity contribution in [2.24, 2.45) is 23.2 Å². The number of pyridine rings is 1. The van der Waals surface area contributed by atoms with E-state index in [2.05, 4.69) is 22.5 Å². The van der Waals surface area contributed by atoms with Crippen LogP contribution in [0.3, 0.4) is 0 Å². The van der Waals surface area contributed by atoms with Crippen LogP contribution in [0.2, 0.25) is 5.02 Å². The maximum atomic E-state index is 14.7. The Labute approximate surface area is 341 Å². The van der Waals surface area contributed by atoms with Crippen LogP contribution in [0.5, 0.6) is 11.5 Å². The minimum atomic E-state index is -1.53. The Kier molecular flexibility index (Phi) is 10.9. The van der Waals surface area contributed by atoms with E-state index in [0.29, 0.717) is 45.6 Å². The average Bonchev–Trinajstić information content (AvgIpc) is 3.86. The zero-order valence-electron chi connectivity index (χ0n) is 33.3. The molecule has 14 nitrogen and oxygen atoms in total. The molecule has 306 valence electrons. The van der Waals surface area contributed by atoms with Crippen molar-refractivity contribution in [1.29, 1.82) is 0 Å². The Balaban J connectivity index is 1.22. The molecule has 2 unspecified atom stereocenters. The van der Waals surface area contributed by atoms with Crippen molar-refractivity contribution >= 4 is 62.8 Å². The van der Waals surface area contributed by atoms with Gasteiger partial charge >= 0.3 is 12.1 Å². The highest BCUT2D eigenvalue weighted by molar-refractivity contribution is 7.16. The van der Waals surface area contributed by atoms with Crippen molar-refractivity contribution in [1.82, 2.24) is 25.5 Å². The van der Waals surface area contributed by atoms with Gasteiger partial charge in [-0.3, -0.25) is 9.59 Å². The summed E-state index contributed by atoms with van der Waals surface area (Å²) in [6.45, 7) is 15.2. The number of anilines is 1. The van der Waals surface area contributed by atoms with Gasteiger partial charge in [0.2, 0.25) is 11.8 Å². The molecule has 7 rings (SSSR count). The zero-order chi connectivity index (χ0) is 41.1. The van der Waals surface area contributed by atoms with Crippen LogP contribution in [-0.4, -0.2) is 93.4 Å². The van der Waals surface area contributed by atoms with Gasteiger partial charge < -0.3 is 40.2 Å². The predicted molar refractivity (Wildman–Crippen MR) is 217 cm³/mol. The number of carboxylic acid groups (broad SMARTS) is 1. The number of carbonyl (C=O) groups excluding carboxylic acids is 3. The van der Waals surface area contributed by atoms with Crippen molar-refractivity contribution in [3.8, 4) is 22.9 Å². The van der Waals surface area contributed by atoms with Gasteiger partial charge in [0, 0.05) is 34.7 Å². The van der Waals surface area contributed by atoms with E-state index in [1.165, 1.54) is 35.8 Å². The molecule has 1 saturated heterocycles. The molecule has 3 heterocycles. The van der Waals surface area contributed by atoms with Gasteiger partial charge in [0.05, 0.1) is 24.9 Å². The highest BCUT2D eigenvalue weighted by Gasteiger charge is 2.61. The Hall–Kier alpha value is -4.63. The monoisotopic (exact) mass is 822 g/mol. The molecule has 57 heavy (non-hydrogen) atoms. The first-order valence-electron chi connectivity index (χ1n) is 19.5. The number of carboxylic acids is 1. The van der Waals surface area contributed by atoms with Gasteiger partial charge in [0.1, 0.15) is 52.0 Å². The minimum Gasteiger partial charge on any atom is -0.495 e. The quantitative estimate of drug-likeness (QED) is 0.137. The lowest BCUT2D eigenvalue weighted by molar-refractivity contribution is -0.146. The van der Waals surface area contributed by atoms with Crippen molar-refractivity contribution in [2.75, 3.05) is 19.0 Å². The molecule has 3 aliphatic carbocycles. The lowest BCUT2D eigenvalue weighted by Gasteiger charge is -2.35. The van der Waals surface area contributed by atoms with Gasteiger partial charge in [-0.15, -0.1) is 17.9 Å². The van der Waals surface area contributed by atoms with Crippen LogP contribution in [-0.2, 0) is 19.1 Å². The van der Waals surface area contributed by atoms with Gasteiger partial charge in [0.25, 0.3) is 0 Å². The van der Waals surface area contributed by atoms with E-state index in [-0.39, 0.29) is 36.6 Å². The molecule has 3 aromatic rings. The van der Waals surface area contributed by atoms with Gasteiger partial charge in [-0.1, -0.05) is 38.4 Å². The number of benzene rings is 1. The highest BCUT2D eigenvalue weighted by Crippen LogP contribution is 2.52. The number of hydrogen-bond donors (Lipinski definition) is 4. The fraction of sp³-hybridized carbons (Fsp3) is 0.561. The first kappa shape index (κ1) is 40.6. The van der Waals surface area contributed by atoms with Crippen molar-refractivity contribution in [3.63, 3.8) is 0 Å². The number of aliphatic carboxylic acids is 1. The smallest absolute Gasteiger partial charge is 0.408 e. The van der Waals surface area contributed by atoms with Gasteiger partial charge in [-0.2, -0.15) is 0 Å². The number of rotatable bonds is 13. The third-order valence-electron chi connectivity index (χ3n) is 11.5. The molecule has 4 fully saturated rings. The Bertz CT molecular complexity index is 2110. The summed E-state index contributed by atoms with van der Waals surface area (Å²) in [6.07, 6.45) is 2.89. The molecule has 8 atom stereocenters. The van der Waals surface area contributed by atoms with E-state index in [1.54, 1.807) is 18.2 Å². The summed E-state index contributed by atoms with van der Waals surface area (Å²) >= 11 is 8.35. The molecule has 0 spiro atoms. The topological polar surface area (TPSA) is 181 Å². The van der Waals surface area contributed by atoms with E-state index >= 15 is 0 Å². The summed E-state index contributed by atoms with van der Waals surface area (Å²) in [4.78, 5) is 66.6. The maximum Gasteiger partial charge on any atom is 0.408 e. The second kappa shape index (κ2) is 15.3. The molecule has 1 aliphatic heterocycles. The fourth-order valence-corrected chi connectivity index (χ4v) is 9.53. The number of nitrogens with zero attached hydrogens (tertiary/aromatic N) is 3. The van der Waals surface area contributed by atoms with Crippen LogP contribution in [0.1, 0.15) is 71.6 Å². The molecule has 1 aromatic carbocycles. The molecular formula is C41H51ClN6O8S. The SMILES string of the molecule is C=C[C@@H]1C[C@]1(NC(=O)C1C[C@@H](Oc2cc(-c3nc(NC(C)C)sc3C)nc3c(Cl)c(OC)ccc23)CN1C(=O)[C@@H](NC(=O)OC1C[C@@H]2C[C@@H]2C1)C(C)(C)C)C(=O)O. The van der Waals surface area contributed by atoms with E-state index in [4.69, 9.17) is 35.8 Å². The van der Waals surface area contributed by atoms with Crippen LogP contribution < -0.4 is 25.4 Å². The van der Waals surface area contributed by atoms with E-state index < -0.39 is 58.9 Å². The average molecular weight is 823 g/mol. The summed E-state index contributed by atoms with van der Waals surface area (Å²) in [5.74, 6) is -0.801. The fourth-order valence-electron chi connectivity index (χ4n) is 8.27. The second-order valence-corrected chi connectivity index (χ2v) is 18.8. The number of nitrogens with one attached hydrogen (secondary N) is 3. The van der Waals surface area contributed by atoms with Crippen LogP contribution in [0, 0.1) is 30.1 Å². The summed E-state index contributed by atoms with van der Waals surface area (Å²) in [5.41, 5.74) is -0.768. The zero-order valence-corrected chi connectivity index (χ0v) is 34.9. The number of aryl methyl sites for hydroxylation is 1. The van der Waals surface area contributed by atoms with Gasteiger partial charge in [-0.05, 0) is 75.8 Å². The number of hydrogen-bond acceptors (Lipinski definition) is 11. The number of alkyl carbamates (subject to hydrolysis) is 1. The van der Waals surface area contributed by atoms with E-state index in [0.717, 1.165) is 22.9 Å². The van der Waals surface area contributed by atoms with Crippen molar-refractivity contribution < 1.29 is 38.5 Å². The molecule has 4 N–H and O–H groups in total. The molecular weight excluding hydrogens is 772 g/mol. The third-order valence-corrected chi connectivity index (χ3v) is 12.8. The number of likely N-dealkylation sites (tertiary alicyclic amines) is 1. The predicted octanol–water partition coefficient (Wildman–Crippen LogP) is 6.58. The molecule has 4 aliphatic rings. The molecule has 3 amide bonds. The van der Waals surface area contributed by atoms with Crippen LogP contribution >= 0.6 is 22.9 Å². The molecule has 16 heteroatoms. The number of aromatic nitrogens is 2. The van der Waals surface area contributed by atoms with E-state index in [1.807, 2.05) is 41.5 Å². The number of methoxy groups -OCH3 is 1. The Morgan fingerprint density at radius 2 is 1.81 bits per heavy atom. The summed E-state index contributed by atoms with van der Waals surface area (Å²) in [6, 6.07) is 3.22. The Morgan fingerprint density at radius 1 is 1.09 bits per heavy atom. The Morgan fingerprint density at radius 3 is 2.42 bits per heavy atom. The van der Waals surface area contributed by atoms with Crippen molar-refractivity contribution in [3.05, 3.63) is 40.8 Å². The van der Waals surface area contributed by atoms with Crippen molar-refractivity contribution in [2.45, 2.75) is 110 Å². The highest BCUT2D eigenvalue weighted by atomic mass is 35.5. The first-order chi connectivity index (χ1) is 26.9. The number of halogens is 1. The molecule has 0 bridgehead atoms. The first-order valence-corrected chi connectivity index (χ1v) is 20.7. The van der Waals surface area contributed by atoms with Gasteiger partial charge in [-0.25, -0.2) is 19.6 Å².